The Hall–Kier alpha value is -1.38. The summed E-state index contributed by atoms with van der Waals surface area (Å²) in [6, 6.07) is 5.31. The van der Waals surface area contributed by atoms with Crippen LogP contribution in [0, 0.1) is 17.0 Å². The van der Waals surface area contributed by atoms with Crippen molar-refractivity contribution in [1.29, 1.82) is 0 Å². The molecule has 1 aromatic carbocycles. The van der Waals surface area contributed by atoms with Crippen molar-refractivity contribution in [2.75, 3.05) is 0 Å². The lowest BCUT2D eigenvalue weighted by atomic mass is 9.98. The molecule has 3 nitrogen and oxygen atoms in total. The number of nitro groups is 1. The fourth-order valence-electron chi connectivity index (χ4n) is 1.61. The number of non-ortho nitro benzene ring substituents is 1. The minimum atomic E-state index is -0.332. The maximum atomic E-state index is 10.8. The SMILES string of the molecule is [CH2]C(C)c1cc(CCCC)cc([N+](=O)[O-])c1. The van der Waals surface area contributed by atoms with Crippen LogP contribution in [0.2, 0.25) is 0 Å². The van der Waals surface area contributed by atoms with E-state index in [1.165, 1.54) is 0 Å². The van der Waals surface area contributed by atoms with E-state index in [1.54, 1.807) is 12.1 Å². The molecular formula is C13H18NO2. The summed E-state index contributed by atoms with van der Waals surface area (Å²) in [4.78, 5) is 10.5. The molecule has 0 saturated heterocycles. The zero-order valence-electron chi connectivity index (χ0n) is 9.90. The molecule has 0 heterocycles. The maximum absolute atomic E-state index is 10.8. The molecule has 16 heavy (non-hydrogen) atoms. The molecule has 1 radical (unpaired) electrons. The Kier molecular flexibility index (Phi) is 4.47. The Morgan fingerprint density at radius 3 is 2.62 bits per heavy atom. The van der Waals surface area contributed by atoms with Crippen LogP contribution < -0.4 is 0 Å². The first-order chi connectivity index (χ1) is 7.54. The third kappa shape index (κ3) is 3.33. The number of nitrogens with zero attached hydrogens (tertiary/aromatic N) is 1. The molecular weight excluding hydrogens is 202 g/mol. The summed E-state index contributed by atoms with van der Waals surface area (Å²) in [6.45, 7) is 7.97. The normalized spacial score (nSPS) is 10.8. The Labute approximate surface area is 96.6 Å². The standard InChI is InChI=1S/C13H18NO2/c1-4-5-6-11-7-12(10(2)3)9-13(8-11)14(15)16/h7-10H,2,4-6H2,1,3H3. The molecule has 0 N–H and O–H groups in total. The van der Waals surface area contributed by atoms with Crippen molar-refractivity contribution in [2.45, 2.75) is 39.0 Å². The van der Waals surface area contributed by atoms with E-state index >= 15 is 0 Å². The van der Waals surface area contributed by atoms with Gasteiger partial charge in [0.05, 0.1) is 4.92 Å². The summed E-state index contributed by atoms with van der Waals surface area (Å²) < 4.78 is 0. The predicted molar refractivity (Wildman–Crippen MR) is 65.5 cm³/mol. The number of benzene rings is 1. The van der Waals surface area contributed by atoms with Crippen molar-refractivity contribution in [1.82, 2.24) is 0 Å². The van der Waals surface area contributed by atoms with Gasteiger partial charge < -0.3 is 0 Å². The van der Waals surface area contributed by atoms with Gasteiger partial charge in [0.15, 0.2) is 0 Å². The van der Waals surface area contributed by atoms with Crippen LogP contribution in [-0.4, -0.2) is 4.92 Å². The second kappa shape index (κ2) is 5.64. The van der Waals surface area contributed by atoms with Gasteiger partial charge in [-0.05, 0) is 36.8 Å². The van der Waals surface area contributed by atoms with Crippen LogP contribution in [0.5, 0.6) is 0 Å². The van der Waals surface area contributed by atoms with E-state index in [-0.39, 0.29) is 16.5 Å². The van der Waals surface area contributed by atoms with Crippen LogP contribution >= 0.6 is 0 Å². The van der Waals surface area contributed by atoms with E-state index < -0.39 is 0 Å². The molecule has 0 aromatic heterocycles. The lowest BCUT2D eigenvalue weighted by molar-refractivity contribution is -0.385. The third-order valence-corrected chi connectivity index (χ3v) is 2.60. The van der Waals surface area contributed by atoms with Crippen LogP contribution in [-0.2, 0) is 6.42 Å². The average Bonchev–Trinajstić information content (AvgIpc) is 2.25. The Balaban J connectivity index is 3.03. The lowest BCUT2D eigenvalue weighted by Gasteiger charge is -2.08. The van der Waals surface area contributed by atoms with Crippen molar-refractivity contribution in [3.8, 4) is 0 Å². The highest BCUT2D eigenvalue weighted by molar-refractivity contribution is 5.41. The van der Waals surface area contributed by atoms with Gasteiger partial charge in [0.1, 0.15) is 0 Å². The molecule has 0 fully saturated rings. The first-order valence-corrected chi connectivity index (χ1v) is 5.66. The molecule has 0 aliphatic rings. The highest BCUT2D eigenvalue weighted by Crippen LogP contribution is 2.23. The van der Waals surface area contributed by atoms with Crippen LogP contribution in [0.15, 0.2) is 18.2 Å². The quantitative estimate of drug-likeness (QED) is 0.558. The molecule has 0 spiro atoms. The molecule has 1 unspecified atom stereocenters. The number of aryl methyl sites for hydroxylation is 1. The van der Waals surface area contributed by atoms with Crippen molar-refractivity contribution in [3.63, 3.8) is 0 Å². The van der Waals surface area contributed by atoms with E-state index in [9.17, 15) is 10.1 Å². The molecule has 3 heteroatoms. The molecule has 1 rings (SSSR count). The Bertz CT molecular complexity index is 372. The van der Waals surface area contributed by atoms with Gasteiger partial charge in [0, 0.05) is 12.1 Å². The number of nitro benzene ring substituents is 1. The van der Waals surface area contributed by atoms with Crippen LogP contribution in [0.3, 0.4) is 0 Å². The van der Waals surface area contributed by atoms with Gasteiger partial charge in [-0.3, -0.25) is 10.1 Å². The van der Waals surface area contributed by atoms with Crippen LogP contribution in [0.4, 0.5) is 5.69 Å². The fraction of sp³-hybridized carbons (Fsp3) is 0.462. The molecule has 1 atom stereocenters. The minimum Gasteiger partial charge on any atom is -0.258 e. The maximum Gasteiger partial charge on any atom is 0.269 e. The molecule has 0 saturated carbocycles. The summed E-state index contributed by atoms with van der Waals surface area (Å²) in [6.07, 6.45) is 3.06. The smallest absolute Gasteiger partial charge is 0.258 e. The van der Waals surface area contributed by atoms with Crippen molar-refractivity contribution in [2.24, 2.45) is 0 Å². The van der Waals surface area contributed by atoms with Gasteiger partial charge in [-0.2, -0.15) is 0 Å². The second-order valence-electron chi connectivity index (χ2n) is 4.19. The Morgan fingerprint density at radius 2 is 2.12 bits per heavy atom. The largest absolute Gasteiger partial charge is 0.269 e. The molecule has 0 aliphatic heterocycles. The van der Waals surface area contributed by atoms with E-state index in [2.05, 4.69) is 13.8 Å². The second-order valence-corrected chi connectivity index (χ2v) is 4.19. The first-order valence-electron chi connectivity index (χ1n) is 5.66. The number of rotatable bonds is 5. The number of hydrogen-bond donors (Lipinski definition) is 0. The average molecular weight is 220 g/mol. The third-order valence-electron chi connectivity index (χ3n) is 2.60. The number of hydrogen-bond acceptors (Lipinski definition) is 2. The summed E-state index contributed by atoms with van der Waals surface area (Å²) in [5.41, 5.74) is 2.17. The monoisotopic (exact) mass is 220 g/mol. The molecule has 0 bridgehead atoms. The van der Waals surface area contributed by atoms with Crippen LogP contribution in [0.25, 0.3) is 0 Å². The Morgan fingerprint density at radius 1 is 1.44 bits per heavy atom. The van der Waals surface area contributed by atoms with Crippen LogP contribution in [0.1, 0.15) is 43.7 Å². The van der Waals surface area contributed by atoms with Gasteiger partial charge in [0.25, 0.3) is 5.69 Å². The van der Waals surface area contributed by atoms with Crippen molar-refractivity contribution < 1.29 is 4.92 Å². The summed E-state index contributed by atoms with van der Waals surface area (Å²) in [7, 11) is 0. The van der Waals surface area contributed by atoms with E-state index in [0.717, 1.165) is 30.4 Å². The first kappa shape index (κ1) is 12.7. The lowest BCUT2D eigenvalue weighted by Crippen LogP contribution is -1.96. The zero-order valence-corrected chi connectivity index (χ0v) is 9.90. The molecule has 1 aromatic rings. The topological polar surface area (TPSA) is 43.1 Å². The number of unbranched alkanes of at least 4 members (excludes halogenated alkanes) is 1. The van der Waals surface area contributed by atoms with Gasteiger partial charge in [-0.25, -0.2) is 0 Å². The highest BCUT2D eigenvalue weighted by Gasteiger charge is 2.11. The van der Waals surface area contributed by atoms with E-state index in [0.29, 0.717) is 0 Å². The van der Waals surface area contributed by atoms with Gasteiger partial charge in [0.2, 0.25) is 0 Å². The summed E-state index contributed by atoms with van der Waals surface area (Å²) >= 11 is 0. The molecule has 0 aliphatic carbocycles. The highest BCUT2D eigenvalue weighted by atomic mass is 16.6. The van der Waals surface area contributed by atoms with E-state index in [1.807, 2.05) is 13.0 Å². The fourth-order valence-corrected chi connectivity index (χ4v) is 1.61. The van der Waals surface area contributed by atoms with Gasteiger partial charge in [-0.1, -0.05) is 26.3 Å². The van der Waals surface area contributed by atoms with Gasteiger partial charge in [-0.15, -0.1) is 0 Å². The van der Waals surface area contributed by atoms with E-state index in [4.69, 9.17) is 0 Å². The molecule has 87 valence electrons. The van der Waals surface area contributed by atoms with Crippen molar-refractivity contribution in [3.05, 3.63) is 46.4 Å². The summed E-state index contributed by atoms with van der Waals surface area (Å²) in [5, 5.41) is 10.8. The minimum absolute atomic E-state index is 0.0836. The predicted octanol–water partition coefficient (Wildman–Crippen LogP) is 3.87. The zero-order chi connectivity index (χ0) is 12.1. The van der Waals surface area contributed by atoms with Gasteiger partial charge >= 0.3 is 0 Å². The van der Waals surface area contributed by atoms with Crippen molar-refractivity contribution >= 4 is 5.69 Å². The molecule has 0 amide bonds. The summed E-state index contributed by atoms with van der Waals surface area (Å²) in [5.74, 6) is 0.0836.